The fraction of sp³-hybridized carbons (Fsp3) is 0.350. The molecule has 0 bridgehead atoms. The zero-order valence-electron chi connectivity index (χ0n) is 15.6. The SMILES string of the molecule is CCNC(=NCc1ccccc1OC(F)F)NCC(CO)c1ccccc1.I. The maximum Gasteiger partial charge on any atom is 0.387 e. The fourth-order valence-corrected chi connectivity index (χ4v) is 2.58. The van der Waals surface area contributed by atoms with Gasteiger partial charge in [-0.15, -0.1) is 24.0 Å². The van der Waals surface area contributed by atoms with E-state index in [2.05, 4.69) is 20.4 Å². The second-order valence-electron chi connectivity index (χ2n) is 5.85. The molecule has 3 N–H and O–H groups in total. The van der Waals surface area contributed by atoms with Crippen molar-refractivity contribution in [2.24, 2.45) is 4.99 Å². The Morgan fingerprint density at radius 1 is 1.07 bits per heavy atom. The Balaban J connectivity index is 0.00000392. The van der Waals surface area contributed by atoms with Gasteiger partial charge < -0.3 is 20.5 Å². The first-order chi connectivity index (χ1) is 13.1. The average Bonchev–Trinajstić information content (AvgIpc) is 2.68. The normalized spacial score (nSPS) is 12.2. The molecule has 1 atom stereocenters. The Bertz CT molecular complexity index is 718. The molecule has 0 saturated carbocycles. The molecule has 1 unspecified atom stereocenters. The van der Waals surface area contributed by atoms with Gasteiger partial charge >= 0.3 is 6.61 Å². The van der Waals surface area contributed by atoms with Crippen LogP contribution in [0.5, 0.6) is 5.75 Å². The number of nitrogens with zero attached hydrogens (tertiary/aromatic N) is 1. The van der Waals surface area contributed by atoms with E-state index in [1.165, 1.54) is 6.07 Å². The molecule has 2 rings (SSSR count). The maximum absolute atomic E-state index is 12.5. The van der Waals surface area contributed by atoms with Crippen molar-refractivity contribution in [1.82, 2.24) is 10.6 Å². The Labute approximate surface area is 181 Å². The molecule has 0 aliphatic heterocycles. The largest absolute Gasteiger partial charge is 0.434 e. The lowest BCUT2D eigenvalue weighted by molar-refractivity contribution is -0.0504. The number of alkyl halides is 2. The summed E-state index contributed by atoms with van der Waals surface area (Å²) < 4.78 is 29.6. The number of aliphatic hydroxyl groups excluding tert-OH is 1. The monoisotopic (exact) mass is 505 g/mol. The second-order valence-corrected chi connectivity index (χ2v) is 5.85. The molecule has 0 saturated heterocycles. The number of hydrogen-bond donors (Lipinski definition) is 3. The minimum Gasteiger partial charge on any atom is -0.434 e. The summed E-state index contributed by atoms with van der Waals surface area (Å²) in [6.07, 6.45) is 0. The summed E-state index contributed by atoms with van der Waals surface area (Å²) in [5, 5.41) is 16.0. The van der Waals surface area contributed by atoms with E-state index in [0.29, 0.717) is 24.6 Å². The molecule has 2 aromatic rings. The number of ether oxygens (including phenoxy) is 1. The van der Waals surface area contributed by atoms with E-state index in [9.17, 15) is 13.9 Å². The third-order valence-corrected chi connectivity index (χ3v) is 3.95. The predicted molar refractivity (Wildman–Crippen MR) is 118 cm³/mol. The van der Waals surface area contributed by atoms with Crippen LogP contribution < -0.4 is 15.4 Å². The lowest BCUT2D eigenvalue weighted by Gasteiger charge is -2.18. The Morgan fingerprint density at radius 2 is 1.75 bits per heavy atom. The summed E-state index contributed by atoms with van der Waals surface area (Å²) in [5.41, 5.74) is 1.59. The van der Waals surface area contributed by atoms with Crippen LogP contribution in [0.2, 0.25) is 0 Å². The number of nitrogens with one attached hydrogen (secondary N) is 2. The van der Waals surface area contributed by atoms with Crippen LogP contribution in [0, 0.1) is 0 Å². The number of halogens is 3. The zero-order chi connectivity index (χ0) is 19.5. The highest BCUT2D eigenvalue weighted by Crippen LogP contribution is 2.21. The van der Waals surface area contributed by atoms with Crippen LogP contribution in [-0.4, -0.2) is 37.4 Å². The van der Waals surface area contributed by atoms with Crippen LogP contribution in [0.3, 0.4) is 0 Å². The van der Waals surface area contributed by atoms with Gasteiger partial charge in [0.05, 0.1) is 13.2 Å². The van der Waals surface area contributed by atoms with E-state index in [0.717, 1.165) is 5.56 Å². The molecule has 0 aromatic heterocycles. The van der Waals surface area contributed by atoms with Crippen molar-refractivity contribution in [1.29, 1.82) is 0 Å². The Kier molecular flexibility index (Phi) is 11.4. The van der Waals surface area contributed by atoms with E-state index in [1.54, 1.807) is 18.2 Å². The van der Waals surface area contributed by atoms with Crippen LogP contribution in [-0.2, 0) is 6.54 Å². The van der Waals surface area contributed by atoms with Crippen molar-refractivity contribution in [2.75, 3.05) is 19.7 Å². The van der Waals surface area contributed by atoms with Gasteiger partial charge in [0, 0.05) is 24.6 Å². The lowest BCUT2D eigenvalue weighted by atomic mass is 10.0. The minimum absolute atomic E-state index is 0. The number of hydrogen-bond acceptors (Lipinski definition) is 3. The third-order valence-electron chi connectivity index (χ3n) is 3.95. The highest BCUT2D eigenvalue weighted by atomic mass is 127. The topological polar surface area (TPSA) is 65.9 Å². The second kappa shape index (κ2) is 13.3. The van der Waals surface area contributed by atoms with Crippen molar-refractivity contribution in [3.05, 3.63) is 65.7 Å². The molecular formula is C20H26F2IN3O2. The molecule has 5 nitrogen and oxygen atoms in total. The third kappa shape index (κ3) is 7.97. The number of aliphatic imine (C=N–C) groups is 1. The molecule has 28 heavy (non-hydrogen) atoms. The molecule has 0 spiro atoms. The smallest absolute Gasteiger partial charge is 0.387 e. The van der Waals surface area contributed by atoms with Crippen molar-refractivity contribution >= 4 is 29.9 Å². The highest BCUT2D eigenvalue weighted by molar-refractivity contribution is 14.0. The number of rotatable bonds is 9. The van der Waals surface area contributed by atoms with Crippen LogP contribution in [0.1, 0.15) is 24.0 Å². The number of aliphatic hydroxyl groups is 1. The maximum atomic E-state index is 12.5. The first kappa shape index (κ1) is 24.1. The minimum atomic E-state index is -2.88. The number of benzene rings is 2. The predicted octanol–water partition coefficient (Wildman–Crippen LogP) is 3.74. The summed E-state index contributed by atoms with van der Waals surface area (Å²) in [7, 11) is 0. The van der Waals surface area contributed by atoms with E-state index < -0.39 is 6.61 Å². The quantitative estimate of drug-likeness (QED) is 0.276. The summed E-state index contributed by atoms with van der Waals surface area (Å²) >= 11 is 0. The van der Waals surface area contributed by atoms with E-state index in [4.69, 9.17) is 0 Å². The Hall–Kier alpha value is -1.94. The van der Waals surface area contributed by atoms with E-state index >= 15 is 0 Å². The molecule has 0 fully saturated rings. The van der Waals surface area contributed by atoms with Gasteiger partial charge in [-0.1, -0.05) is 48.5 Å². The standard InChI is InChI=1S/C20H25F2N3O2.HI/c1-2-23-20(25-13-17(14-26)15-8-4-3-5-9-15)24-12-16-10-6-7-11-18(16)27-19(21)22;/h3-11,17,19,26H,2,12-14H2,1H3,(H2,23,24,25);1H. The van der Waals surface area contributed by atoms with Crippen LogP contribution in [0.4, 0.5) is 8.78 Å². The van der Waals surface area contributed by atoms with Crippen LogP contribution in [0.25, 0.3) is 0 Å². The van der Waals surface area contributed by atoms with E-state index in [-0.39, 0.29) is 48.8 Å². The first-order valence-corrected chi connectivity index (χ1v) is 8.84. The fourth-order valence-electron chi connectivity index (χ4n) is 2.58. The highest BCUT2D eigenvalue weighted by Gasteiger charge is 2.12. The van der Waals surface area contributed by atoms with Gasteiger partial charge in [-0.2, -0.15) is 8.78 Å². The molecular weight excluding hydrogens is 479 g/mol. The van der Waals surface area contributed by atoms with Crippen LogP contribution in [0.15, 0.2) is 59.6 Å². The number of guanidine groups is 1. The van der Waals surface area contributed by atoms with Crippen molar-refractivity contribution in [2.45, 2.75) is 26.0 Å². The van der Waals surface area contributed by atoms with Gasteiger partial charge in [-0.05, 0) is 18.6 Å². The van der Waals surface area contributed by atoms with Crippen molar-refractivity contribution < 1.29 is 18.6 Å². The van der Waals surface area contributed by atoms with Gasteiger partial charge in [0.1, 0.15) is 5.75 Å². The molecule has 2 aromatic carbocycles. The van der Waals surface area contributed by atoms with Gasteiger partial charge in [-0.25, -0.2) is 4.99 Å². The average molecular weight is 505 g/mol. The van der Waals surface area contributed by atoms with Gasteiger partial charge in [0.2, 0.25) is 0 Å². The van der Waals surface area contributed by atoms with Gasteiger partial charge in [0.15, 0.2) is 5.96 Å². The van der Waals surface area contributed by atoms with Crippen molar-refractivity contribution in [3.63, 3.8) is 0 Å². The molecule has 0 aliphatic rings. The summed E-state index contributed by atoms with van der Waals surface area (Å²) in [4.78, 5) is 4.44. The lowest BCUT2D eigenvalue weighted by Crippen LogP contribution is -2.39. The van der Waals surface area contributed by atoms with Crippen molar-refractivity contribution in [3.8, 4) is 5.75 Å². The molecule has 0 amide bonds. The number of para-hydroxylation sites is 1. The summed E-state index contributed by atoms with van der Waals surface area (Å²) in [6.45, 7) is 0.385. The molecule has 8 heteroatoms. The summed E-state index contributed by atoms with van der Waals surface area (Å²) in [5.74, 6) is 0.577. The van der Waals surface area contributed by atoms with Crippen LogP contribution >= 0.6 is 24.0 Å². The molecule has 154 valence electrons. The first-order valence-electron chi connectivity index (χ1n) is 8.84. The van der Waals surface area contributed by atoms with Gasteiger partial charge in [0.25, 0.3) is 0 Å². The molecule has 0 radical (unpaired) electrons. The van der Waals surface area contributed by atoms with Gasteiger partial charge in [-0.3, -0.25) is 0 Å². The Morgan fingerprint density at radius 3 is 2.39 bits per heavy atom. The molecule has 0 heterocycles. The summed E-state index contributed by atoms with van der Waals surface area (Å²) in [6, 6.07) is 16.3. The zero-order valence-corrected chi connectivity index (χ0v) is 18.0. The van der Waals surface area contributed by atoms with E-state index in [1.807, 2.05) is 37.3 Å². The molecule has 0 aliphatic carbocycles.